The van der Waals surface area contributed by atoms with Gasteiger partial charge in [-0.05, 0) is 12.2 Å². The molecule has 6 heteroatoms. The number of hydrogen-bond acceptors (Lipinski definition) is 4. The van der Waals surface area contributed by atoms with Crippen molar-refractivity contribution in [1.29, 1.82) is 0 Å². The highest BCUT2D eigenvalue weighted by Crippen LogP contribution is 2.20. The van der Waals surface area contributed by atoms with Crippen LogP contribution in [0.3, 0.4) is 0 Å². The highest BCUT2D eigenvalue weighted by Gasteiger charge is 2.25. The predicted octanol–water partition coefficient (Wildman–Crippen LogP) is -0.531. The second-order valence-corrected chi connectivity index (χ2v) is 5.24. The topological polar surface area (TPSA) is 61.9 Å². The van der Waals surface area contributed by atoms with Crippen molar-refractivity contribution in [3.63, 3.8) is 0 Å². The Hall–Kier alpha value is -1.66. The Morgan fingerprint density at radius 1 is 1.50 bits per heavy atom. The lowest BCUT2D eigenvalue weighted by Crippen LogP contribution is -3.05. The number of thiazole rings is 1. The second-order valence-electron chi connectivity index (χ2n) is 4.36. The zero-order valence-corrected chi connectivity index (χ0v) is 10.6. The summed E-state index contributed by atoms with van der Waals surface area (Å²) >= 11 is 1.56. The molecule has 94 valence electrons. The van der Waals surface area contributed by atoms with Crippen molar-refractivity contribution in [2.75, 3.05) is 13.1 Å². The van der Waals surface area contributed by atoms with Gasteiger partial charge in [0.2, 0.25) is 0 Å². The number of nitrogens with zero attached hydrogens (tertiary/aromatic N) is 2. The summed E-state index contributed by atoms with van der Waals surface area (Å²) < 4.78 is 1.94. The second kappa shape index (κ2) is 4.55. The summed E-state index contributed by atoms with van der Waals surface area (Å²) in [5.74, 6) is -0.223. The van der Waals surface area contributed by atoms with E-state index in [1.807, 2.05) is 16.0 Å². The van der Waals surface area contributed by atoms with E-state index < -0.39 is 5.97 Å². The van der Waals surface area contributed by atoms with E-state index in [0.717, 1.165) is 35.6 Å². The quantitative estimate of drug-likeness (QED) is 0.757. The zero-order chi connectivity index (χ0) is 12.5. The molecule has 0 atom stereocenters. The van der Waals surface area contributed by atoms with Gasteiger partial charge in [-0.2, -0.15) is 4.98 Å². The average molecular weight is 263 g/mol. The Kier molecular flexibility index (Phi) is 2.89. The van der Waals surface area contributed by atoms with E-state index in [9.17, 15) is 9.90 Å². The molecule has 1 aliphatic rings. The maximum atomic E-state index is 10.6. The summed E-state index contributed by atoms with van der Waals surface area (Å²) in [6.07, 6.45) is 6.97. The van der Waals surface area contributed by atoms with Gasteiger partial charge in [-0.3, -0.25) is 9.30 Å². The number of aliphatic carboxylic acids is 1. The third kappa shape index (κ3) is 1.93. The number of rotatable bonds is 3. The van der Waals surface area contributed by atoms with Crippen LogP contribution in [0.2, 0.25) is 0 Å². The van der Waals surface area contributed by atoms with Gasteiger partial charge in [0.15, 0.2) is 4.96 Å². The average Bonchev–Trinajstić information content (AvgIpc) is 3.02. The maximum absolute atomic E-state index is 10.6. The fourth-order valence-corrected chi connectivity index (χ4v) is 3.13. The van der Waals surface area contributed by atoms with Crippen molar-refractivity contribution in [1.82, 2.24) is 9.38 Å². The molecule has 0 bridgehead atoms. The Balaban J connectivity index is 2.08. The molecule has 0 amide bonds. The van der Waals surface area contributed by atoms with E-state index in [-0.39, 0.29) is 0 Å². The van der Waals surface area contributed by atoms with E-state index in [0.29, 0.717) is 0 Å². The number of imidazole rings is 1. The third-order valence-electron chi connectivity index (χ3n) is 3.22. The molecule has 2 aromatic rings. The Labute approximate surface area is 108 Å². The molecule has 0 aromatic carbocycles. The van der Waals surface area contributed by atoms with Gasteiger partial charge >= 0.3 is 0 Å². The standard InChI is InChI=1S/C12H13N3O2S/c16-10(17)4-3-9-11(14-5-1-2-6-14)13-12-15(9)7-8-18-12/h3-4,7-8H,1-2,5-6H2,(H,16,17)/b4-3+. The minimum atomic E-state index is -1.18. The van der Waals surface area contributed by atoms with Gasteiger partial charge in [-0.15, -0.1) is 11.3 Å². The molecule has 5 nitrogen and oxygen atoms in total. The molecule has 3 rings (SSSR count). The van der Waals surface area contributed by atoms with E-state index >= 15 is 0 Å². The number of carbonyl (C=O) groups excluding carboxylic acids is 1. The van der Waals surface area contributed by atoms with Gasteiger partial charge < -0.3 is 9.90 Å². The number of carbonyl (C=O) groups is 1. The Morgan fingerprint density at radius 3 is 3.00 bits per heavy atom. The van der Waals surface area contributed by atoms with E-state index in [4.69, 9.17) is 0 Å². The SMILES string of the molecule is O=C([O-])/C=C/c1c([NH+]2CCCC2)nc2sccn12. The first-order valence-electron chi connectivity index (χ1n) is 5.95. The van der Waals surface area contributed by atoms with Crippen molar-refractivity contribution >= 4 is 34.2 Å². The summed E-state index contributed by atoms with van der Waals surface area (Å²) in [4.78, 5) is 17.4. The van der Waals surface area contributed by atoms with E-state index in [2.05, 4.69) is 4.98 Å². The van der Waals surface area contributed by atoms with Crippen molar-refractivity contribution in [3.05, 3.63) is 23.3 Å². The molecule has 0 aliphatic carbocycles. The summed E-state index contributed by atoms with van der Waals surface area (Å²) in [7, 11) is 0. The van der Waals surface area contributed by atoms with Crippen LogP contribution in [0.4, 0.5) is 5.82 Å². The number of fused-ring (bicyclic) bond motifs is 1. The first-order valence-corrected chi connectivity index (χ1v) is 6.83. The summed E-state index contributed by atoms with van der Waals surface area (Å²) in [6, 6.07) is 0. The summed E-state index contributed by atoms with van der Waals surface area (Å²) in [5.41, 5.74) is 0.854. The van der Waals surface area contributed by atoms with Gasteiger partial charge in [0.05, 0.1) is 19.1 Å². The van der Waals surface area contributed by atoms with Crippen molar-refractivity contribution in [2.45, 2.75) is 12.8 Å². The first kappa shape index (κ1) is 11.4. The van der Waals surface area contributed by atoms with Crippen LogP contribution >= 0.6 is 11.3 Å². The van der Waals surface area contributed by atoms with Crippen LogP contribution in [0, 0.1) is 0 Å². The highest BCUT2D eigenvalue weighted by molar-refractivity contribution is 7.15. The molecule has 1 aliphatic heterocycles. The molecule has 0 saturated carbocycles. The smallest absolute Gasteiger partial charge is 0.253 e. The molecular weight excluding hydrogens is 250 g/mol. The number of hydrogen-bond donors (Lipinski definition) is 1. The number of carboxylic acid groups (broad SMARTS) is 1. The van der Waals surface area contributed by atoms with Crippen LogP contribution in [0.25, 0.3) is 11.0 Å². The number of quaternary nitrogens is 1. The normalized spacial score (nSPS) is 17.1. The monoisotopic (exact) mass is 263 g/mol. The molecule has 18 heavy (non-hydrogen) atoms. The summed E-state index contributed by atoms with van der Waals surface area (Å²) in [5, 5.41) is 12.5. The highest BCUT2D eigenvalue weighted by atomic mass is 32.1. The first-order chi connectivity index (χ1) is 8.75. The van der Waals surface area contributed by atoms with Gasteiger partial charge in [0.25, 0.3) is 5.82 Å². The van der Waals surface area contributed by atoms with Crippen LogP contribution in [-0.2, 0) is 4.79 Å². The Bertz CT molecular complexity index is 608. The molecule has 1 N–H and O–H groups in total. The molecule has 2 aromatic heterocycles. The van der Waals surface area contributed by atoms with Crippen LogP contribution in [0.5, 0.6) is 0 Å². The number of carboxylic acids is 1. The zero-order valence-electron chi connectivity index (χ0n) is 9.76. The van der Waals surface area contributed by atoms with E-state index in [1.165, 1.54) is 17.7 Å². The lowest BCUT2D eigenvalue weighted by atomic mass is 10.3. The van der Waals surface area contributed by atoms with Gasteiger partial charge in [-0.25, -0.2) is 0 Å². The molecule has 0 spiro atoms. The van der Waals surface area contributed by atoms with Crippen molar-refractivity contribution in [3.8, 4) is 0 Å². The van der Waals surface area contributed by atoms with Gasteiger partial charge in [0.1, 0.15) is 5.69 Å². The molecule has 0 radical (unpaired) electrons. The minimum Gasteiger partial charge on any atom is -0.545 e. The maximum Gasteiger partial charge on any atom is 0.253 e. The molecule has 3 heterocycles. The van der Waals surface area contributed by atoms with Gasteiger partial charge in [0, 0.05) is 24.4 Å². The summed E-state index contributed by atoms with van der Waals surface area (Å²) in [6.45, 7) is 2.13. The third-order valence-corrected chi connectivity index (χ3v) is 3.97. The number of aromatic nitrogens is 2. The molecular formula is C12H13N3O2S. The van der Waals surface area contributed by atoms with Crippen LogP contribution in [0.15, 0.2) is 17.7 Å². The minimum absolute atomic E-state index is 0.854. The van der Waals surface area contributed by atoms with Crippen LogP contribution in [-0.4, -0.2) is 28.4 Å². The van der Waals surface area contributed by atoms with E-state index in [1.54, 1.807) is 17.4 Å². The van der Waals surface area contributed by atoms with Crippen LogP contribution in [0.1, 0.15) is 18.5 Å². The number of nitrogens with one attached hydrogen (secondary N) is 1. The molecule has 0 unspecified atom stereocenters. The fourth-order valence-electron chi connectivity index (χ4n) is 2.41. The van der Waals surface area contributed by atoms with Gasteiger partial charge in [-0.1, -0.05) is 0 Å². The lowest BCUT2D eigenvalue weighted by Gasteiger charge is -2.08. The van der Waals surface area contributed by atoms with Crippen LogP contribution < -0.4 is 10.0 Å². The largest absolute Gasteiger partial charge is 0.545 e. The predicted molar refractivity (Wildman–Crippen MR) is 66.7 cm³/mol. The van der Waals surface area contributed by atoms with Crippen molar-refractivity contribution < 1.29 is 14.8 Å². The lowest BCUT2D eigenvalue weighted by molar-refractivity contribution is -0.820. The molecule has 1 fully saturated rings. The Morgan fingerprint density at radius 2 is 2.28 bits per heavy atom. The fraction of sp³-hybridized carbons (Fsp3) is 0.333. The van der Waals surface area contributed by atoms with Crippen molar-refractivity contribution in [2.24, 2.45) is 0 Å². The molecule has 1 saturated heterocycles.